The third-order valence-electron chi connectivity index (χ3n) is 1.47. The van der Waals surface area contributed by atoms with Crippen LogP contribution in [0.15, 0.2) is 36.4 Å². The molecule has 4 nitrogen and oxygen atoms in total. The van der Waals surface area contributed by atoms with Crippen molar-refractivity contribution >= 4 is 11.6 Å². The van der Waals surface area contributed by atoms with Gasteiger partial charge in [-0.15, -0.1) is 0 Å². The topological polar surface area (TPSA) is 39.7 Å². The van der Waals surface area contributed by atoms with Gasteiger partial charge in [0.15, 0.2) is 0 Å². The number of hydrogen-bond donors (Lipinski definition) is 1. The van der Waals surface area contributed by atoms with Crippen molar-refractivity contribution in [3.05, 3.63) is 41.4 Å². The quantitative estimate of drug-likeness (QED) is 0.621. The Hall–Kier alpha value is -1.39. The van der Waals surface area contributed by atoms with Gasteiger partial charge in [-0.05, 0) is 24.3 Å². The highest BCUT2D eigenvalue weighted by Crippen LogP contribution is 2.17. The average Bonchev–Trinajstić information content (AvgIpc) is 2.22. The van der Waals surface area contributed by atoms with E-state index in [-0.39, 0.29) is 0 Å². The summed E-state index contributed by atoms with van der Waals surface area (Å²) in [6, 6.07) is 6.94. The molecule has 0 aromatic heterocycles. The first-order chi connectivity index (χ1) is 7.26. The van der Waals surface area contributed by atoms with Crippen LogP contribution in [-0.4, -0.2) is 14.2 Å². The molecule has 82 valence electrons. The summed E-state index contributed by atoms with van der Waals surface area (Å²) in [6.45, 7) is 0. The first-order valence-electron chi connectivity index (χ1n) is 4.21. The first kappa shape index (κ1) is 11.7. The Balaban J connectivity index is 2.65. The number of halogens is 1. The summed E-state index contributed by atoms with van der Waals surface area (Å²) in [6.07, 6.45) is 1.39. The van der Waals surface area contributed by atoms with Crippen LogP contribution >= 0.6 is 11.6 Å². The number of nitrogens with one attached hydrogen (secondary N) is 1. The maximum atomic E-state index is 5.74. The second-order valence-electron chi connectivity index (χ2n) is 2.58. The van der Waals surface area contributed by atoms with E-state index >= 15 is 0 Å². The Kier molecular flexibility index (Phi) is 4.80. The number of rotatable bonds is 5. The Morgan fingerprint density at radius 1 is 1.27 bits per heavy atom. The maximum Gasteiger partial charge on any atom is 0.252 e. The van der Waals surface area contributed by atoms with Gasteiger partial charge in [0, 0.05) is 5.02 Å². The van der Waals surface area contributed by atoms with Crippen molar-refractivity contribution in [2.45, 2.75) is 0 Å². The zero-order chi connectivity index (χ0) is 11.1. The molecule has 0 radical (unpaired) electrons. The fraction of sp³-hybridized carbons (Fsp3) is 0.200. The van der Waals surface area contributed by atoms with Gasteiger partial charge in [-0.3, -0.25) is 4.84 Å². The molecule has 0 aliphatic heterocycles. The van der Waals surface area contributed by atoms with Gasteiger partial charge >= 0.3 is 0 Å². The summed E-state index contributed by atoms with van der Waals surface area (Å²) >= 11 is 5.74. The molecule has 1 aromatic rings. The van der Waals surface area contributed by atoms with E-state index in [0.29, 0.717) is 16.7 Å². The molecule has 0 saturated heterocycles. The van der Waals surface area contributed by atoms with Crippen LogP contribution in [0.3, 0.4) is 0 Å². The van der Waals surface area contributed by atoms with Crippen LogP contribution in [0.25, 0.3) is 0 Å². The van der Waals surface area contributed by atoms with Crippen molar-refractivity contribution in [3.8, 4) is 5.75 Å². The van der Waals surface area contributed by atoms with Crippen LogP contribution in [0.4, 0.5) is 0 Å². The minimum atomic E-state index is 0.349. The average molecular weight is 230 g/mol. The Bertz CT molecular complexity index is 324. The lowest BCUT2D eigenvalue weighted by Gasteiger charge is -2.09. The van der Waals surface area contributed by atoms with Gasteiger partial charge in [0.25, 0.3) is 5.88 Å². The molecule has 0 aliphatic carbocycles. The van der Waals surface area contributed by atoms with Gasteiger partial charge in [-0.25, -0.2) is 5.48 Å². The Morgan fingerprint density at radius 3 is 2.47 bits per heavy atom. The molecule has 0 aliphatic rings. The molecular formula is C10H12ClNO3. The zero-order valence-electron chi connectivity index (χ0n) is 8.49. The predicted molar refractivity (Wildman–Crippen MR) is 57.3 cm³/mol. The fourth-order valence-corrected chi connectivity index (χ4v) is 1.03. The van der Waals surface area contributed by atoms with Crippen LogP contribution in [0.2, 0.25) is 5.02 Å². The second kappa shape index (κ2) is 6.16. The minimum absolute atomic E-state index is 0.349. The van der Waals surface area contributed by atoms with Gasteiger partial charge in [0.1, 0.15) is 12.0 Å². The largest absolute Gasteiger partial charge is 0.499 e. The Labute approximate surface area is 93.3 Å². The van der Waals surface area contributed by atoms with E-state index in [2.05, 4.69) is 5.48 Å². The van der Waals surface area contributed by atoms with E-state index in [4.69, 9.17) is 25.9 Å². The minimum Gasteiger partial charge on any atom is -0.499 e. The van der Waals surface area contributed by atoms with E-state index in [0.717, 1.165) is 0 Å². The third-order valence-corrected chi connectivity index (χ3v) is 1.72. The molecular weight excluding hydrogens is 218 g/mol. The molecule has 0 bridgehead atoms. The molecule has 1 N–H and O–H groups in total. The van der Waals surface area contributed by atoms with Crippen molar-refractivity contribution in [2.24, 2.45) is 0 Å². The van der Waals surface area contributed by atoms with Crippen LogP contribution in [0, 0.1) is 0 Å². The highest BCUT2D eigenvalue weighted by Gasteiger charge is 2.00. The molecule has 1 aromatic carbocycles. The number of ether oxygens (including phenoxy) is 2. The SMILES string of the molecule is CO/C=C(\NOC)Oc1ccc(Cl)cc1. The van der Waals surface area contributed by atoms with E-state index in [1.807, 2.05) is 0 Å². The standard InChI is InChI=1S/C10H12ClNO3/c1-13-7-10(12-14-2)15-9-5-3-8(11)4-6-9/h3-7,12H,1-2H3/b10-7+. The van der Waals surface area contributed by atoms with Crippen LogP contribution in [0.5, 0.6) is 5.75 Å². The predicted octanol–water partition coefficient (Wildman–Crippen LogP) is 2.32. The first-order valence-corrected chi connectivity index (χ1v) is 4.59. The molecule has 0 heterocycles. The highest BCUT2D eigenvalue weighted by molar-refractivity contribution is 6.30. The van der Waals surface area contributed by atoms with Gasteiger partial charge < -0.3 is 9.47 Å². The summed E-state index contributed by atoms with van der Waals surface area (Å²) in [4.78, 5) is 4.70. The number of hydroxylamine groups is 1. The second-order valence-corrected chi connectivity index (χ2v) is 3.02. The fourth-order valence-electron chi connectivity index (χ4n) is 0.906. The van der Waals surface area contributed by atoms with Crippen molar-refractivity contribution in [2.75, 3.05) is 14.2 Å². The van der Waals surface area contributed by atoms with Gasteiger partial charge in [-0.1, -0.05) is 11.6 Å². The molecule has 0 atom stereocenters. The maximum absolute atomic E-state index is 5.74. The van der Waals surface area contributed by atoms with Crippen LogP contribution in [-0.2, 0) is 9.57 Å². The van der Waals surface area contributed by atoms with Crippen LogP contribution in [0.1, 0.15) is 0 Å². The van der Waals surface area contributed by atoms with Crippen molar-refractivity contribution in [1.82, 2.24) is 5.48 Å². The Morgan fingerprint density at radius 2 is 1.93 bits per heavy atom. The van der Waals surface area contributed by atoms with Crippen molar-refractivity contribution < 1.29 is 14.3 Å². The van der Waals surface area contributed by atoms with Gasteiger partial charge in [0.2, 0.25) is 0 Å². The van der Waals surface area contributed by atoms with Crippen molar-refractivity contribution in [3.63, 3.8) is 0 Å². The molecule has 0 unspecified atom stereocenters. The molecule has 0 amide bonds. The van der Waals surface area contributed by atoms with Gasteiger partial charge in [-0.2, -0.15) is 0 Å². The van der Waals surface area contributed by atoms with E-state index < -0.39 is 0 Å². The zero-order valence-corrected chi connectivity index (χ0v) is 9.25. The number of methoxy groups -OCH3 is 1. The normalized spacial score (nSPS) is 11.0. The molecule has 1 rings (SSSR count). The number of benzene rings is 1. The number of hydrogen-bond acceptors (Lipinski definition) is 4. The summed E-state index contributed by atoms with van der Waals surface area (Å²) in [5.41, 5.74) is 2.53. The lowest BCUT2D eigenvalue weighted by atomic mass is 10.3. The smallest absolute Gasteiger partial charge is 0.252 e. The monoisotopic (exact) mass is 229 g/mol. The summed E-state index contributed by atoms with van der Waals surface area (Å²) in [5, 5.41) is 0.652. The molecule has 5 heteroatoms. The molecule has 15 heavy (non-hydrogen) atoms. The summed E-state index contributed by atoms with van der Waals surface area (Å²) in [7, 11) is 3.00. The lowest BCUT2D eigenvalue weighted by molar-refractivity contribution is 0.0776. The van der Waals surface area contributed by atoms with Crippen LogP contribution < -0.4 is 10.2 Å². The summed E-state index contributed by atoms with van der Waals surface area (Å²) in [5.74, 6) is 0.981. The van der Waals surface area contributed by atoms with Crippen molar-refractivity contribution in [1.29, 1.82) is 0 Å². The van der Waals surface area contributed by atoms with E-state index in [9.17, 15) is 0 Å². The summed E-state index contributed by atoms with van der Waals surface area (Å²) < 4.78 is 10.2. The molecule has 0 spiro atoms. The highest BCUT2D eigenvalue weighted by atomic mass is 35.5. The lowest BCUT2D eigenvalue weighted by Crippen LogP contribution is -2.16. The van der Waals surface area contributed by atoms with E-state index in [1.54, 1.807) is 24.3 Å². The van der Waals surface area contributed by atoms with Gasteiger partial charge in [0.05, 0.1) is 14.2 Å². The molecule has 0 saturated carbocycles. The third kappa shape index (κ3) is 4.10. The molecule has 0 fully saturated rings. The van der Waals surface area contributed by atoms with E-state index in [1.165, 1.54) is 20.5 Å².